The van der Waals surface area contributed by atoms with Crippen LogP contribution in [0, 0.1) is 0 Å². The van der Waals surface area contributed by atoms with Crippen LogP contribution in [0.25, 0.3) is 0 Å². The second-order valence-electron chi connectivity index (χ2n) is 19.3. The van der Waals surface area contributed by atoms with Gasteiger partial charge in [0.15, 0.2) is 0 Å². The monoisotopic (exact) mass is 888 g/mol. The standard InChI is InChI=1S/C57H109NO5/c1-4-7-10-13-16-19-22-24-26-28-29-31-34-37-40-43-46-49-55(60)54(52-59)58-56(61)51-53(48-45-42-39-36-33-21-18-15-12-9-6-3)63-57(62)50-47-44-41-38-35-32-30-27-25-23-20-17-14-11-8-5-2/h36,39,45,48,53-55,59-60H,4-35,37-38,40-44,46-47,49-52H2,1-3H3,(H,58,61)/b39-36-,48-45+. The molecule has 0 aromatic carbocycles. The number of hydrogen-bond acceptors (Lipinski definition) is 5. The lowest BCUT2D eigenvalue weighted by atomic mass is 10.0. The van der Waals surface area contributed by atoms with Crippen LogP contribution in [-0.4, -0.2) is 46.9 Å². The van der Waals surface area contributed by atoms with Gasteiger partial charge in [0.1, 0.15) is 6.10 Å². The lowest BCUT2D eigenvalue weighted by Gasteiger charge is -2.23. The lowest BCUT2D eigenvalue weighted by molar-refractivity contribution is -0.148. The van der Waals surface area contributed by atoms with Gasteiger partial charge in [-0.3, -0.25) is 9.59 Å². The molecule has 0 aliphatic rings. The van der Waals surface area contributed by atoms with E-state index in [-0.39, 0.29) is 24.9 Å². The number of nitrogens with one attached hydrogen (secondary N) is 1. The van der Waals surface area contributed by atoms with E-state index in [1.807, 2.05) is 12.2 Å². The molecule has 0 fully saturated rings. The summed E-state index contributed by atoms with van der Waals surface area (Å²) in [5.41, 5.74) is 0. The number of aliphatic hydroxyl groups excluding tert-OH is 2. The van der Waals surface area contributed by atoms with Crippen LogP contribution in [0.2, 0.25) is 0 Å². The molecule has 3 unspecified atom stereocenters. The van der Waals surface area contributed by atoms with E-state index in [9.17, 15) is 19.8 Å². The summed E-state index contributed by atoms with van der Waals surface area (Å²) in [5.74, 6) is -0.585. The quantitative estimate of drug-likeness (QED) is 0.0321. The molecular formula is C57H109NO5. The summed E-state index contributed by atoms with van der Waals surface area (Å²) in [4.78, 5) is 26.1. The largest absolute Gasteiger partial charge is 0.458 e. The van der Waals surface area contributed by atoms with E-state index >= 15 is 0 Å². The Kier molecular flexibility index (Phi) is 50.0. The molecule has 0 rings (SSSR count). The molecule has 3 N–H and O–H groups in total. The minimum Gasteiger partial charge on any atom is -0.458 e. The second kappa shape index (κ2) is 51.3. The number of carbonyl (C=O) groups is 2. The number of rotatable bonds is 51. The molecule has 0 aliphatic carbocycles. The normalized spacial score (nSPS) is 13.3. The van der Waals surface area contributed by atoms with Crippen LogP contribution in [0.1, 0.15) is 303 Å². The number of allylic oxidation sites excluding steroid dienone is 3. The van der Waals surface area contributed by atoms with Crippen LogP contribution < -0.4 is 5.32 Å². The fraction of sp³-hybridized carbons (Fsp3) is 0.895. The highest BCUT2D eigenvalue weighted by Gasteiger charge is 2.23. The molecule has 372 valence electrons. The molecule has 0 heterocycles. The van der Waals surface area contributed by atoms with Crippen LogP contribution in [0.15, 0.2) is 24.3 Å². The Morgan fingerprint density at radius 3 is 1.24 bits per heavy atom. The minimum atomic E-state index is -0.807. The van der Waals surface area contributed by atoms with Crippen LogP contribution in [-0.2, 0) is 14.3 Å². The summed E-state index contributed by atoms with van der Waals surface area (Å²) in [6, 6.07) is -0.728. The first-order valence-corrected chi connectivity index (χ1v) is 28.1. The van der Waals surface area contributed by atoms with E-state index in [0.717, 1.165) is 51.4 Å². The van der Waals surface area contributed by atoms with Gasteiger partial charge in [-0.1, -0.05) is 277 Å². The Morgan fingerprint density at radius 1 is 0.476 bits per heavy atom. The van der Waals surface area contributed by atoms with Crippen molar-refractivity contribution in [2.45, 2.75) is 322 Å². The molecular weight excluding hydrogens is 779 g/mol. The van der Waals surface area contributed by atoms with Gasteiger partial charge in [0.05, 0.1) is 25.2 Å². The maximum Gasteiger partial charge on any atom is 0.306 e. The van der Waals surface area contributed by atoms with Gasteiger partial charge in [-0.25, -0.2) is 0 Å². The smallest absolute Gasteiger partial charge is 0.306 e. The van der Waals surface area contributed by atoms with Gasteiger partial charge < -0.3 is 20.3 Å². The molecule has 0 bridgehead atoms. The number of unbranched alkanes of at least 4 members (excludes halogenated alkanes) is 37. The zero-order chi connectivity index (χ0) is 45.9. The highest BCUT2D eigenvalue weighted by atomic mass is 16.5. The van der Waals surface area contributed by atoms with Crippen molar-refractivity contribution in [1.29, 1.82) is 0 Å². The van der Waals surface area contributed by atoms with Gasteiger partial charge in [-0.05, 0) is 38.2 Å². The summed E-state index contributed by atoms with van der Waals surface area (Å²) in [6.07, 6.45) is 59.9. The number of ether oxygens (including phenoxy) is 1. The number of carbonyl (C=O) groups excluding carboxylic acids is 2. The lowest BCUT2D eigenvalue weighted by Crippen LogP contribution is -2.46. The van der Waals surface area contributed by atoms with Gasteiger partial charge in [-0.15, -0.1) is 0 Å². The van der Waals surface area contributed by atoms with Crippen molar-refractivity contribution in [3.63, 3.8) is 0 Å². The van der Waals surface area contributed by atoms with Crippen molar-refractivity contribution in [1.82, 2.24) is 5.32 Å². The van der Waals surface area contributed by atoms with Crippen molar-refractivity contribution in [3.05, 3.63) is 24.3 Å². The first kappa shape index (κ1) is 61.3. The van der Waals surface area contributed by atoms with Gasteiger partial charge >= 0.3 is 5.97 Å². The summed E-state index contributed by atoms with van der Waals surface area (Å²) in [7, 11) is 0. The van der Waals surface area contributed by atoms with Gasteiger partial charge in [0, 0.05) is 6.42 Å². The number of amides is 1. The molecule has 6 nitrogen and oxygen atoms in total. The Morgan fingerprint density at radius 2 is 0.841 bits per heavy atom. The molecule has 0 saturated heterocycles. The molecule has 0 radical (unpaired) electrons. The fourth-order valence-corrected chi connectivity index (χ4v) is 8.75. The summed E-state index contributed by atoms with van der Waals surface area (Å²) < 4.78 is 5.84. The third kappa shape index (κ3) is 46.7. The third-order valence-electron chi connectivity index (χ3n) is 13.0. The summed E-state index contributed by atoms with van der Waals surface area (Å²) in [6.45, 7) is 6.48. The number of esters is 1. The summed E-state index contributed by atoms with van der Waals surface area (Å²) in [5, 5.41) is 23.8. The van der Waals surface area contributed by atoms with Crippen LogP contribution in [0.5, 0.6) is 0 Å². The highest BCUT2D eigenvalue weighted by Crippen LogP contribution is 2.18. The Hall–Kier alpha value is -1.66. The Labute approximate surface area is 392 Å². The molecule has 63 heavy (non-hydrogen) atoms. The van der Waals surface area contributed by atoms with Crippen LogP contribution in [0.4, 0.5) is 0 Å². The van der Waals surface area contributed by atoms with Crippen LogP contribution in [0.3, 0.4) is 0 Å². The average Bonchev–Trinajstić information content (AvgIpc) is 3.28. The van der Waals surface area contributed by atoms with Crippen molar-refractivity contribution in [2.24, 2.45) is 0 Å². The SMILES string of the molecule is CCCCCCCC/C=C\C/C=C/C(CC(=O)NC(CO)C(O)CCCCCCCCCCCCCCCCCCC)OC(=O)CCCCCCCCCCCCCCCCCC. The molecule has 0 saturated carbocycles. The van der Waals surface area contributed by atoms with Crippen molar-refractivity contribution in [2.75, 3.05) is 6.61 Å². The molecule has 6 heteroatoms. The predicted octanol–water partition coefficient (Wildman–Crippen LogP) is 17.1. The van der Waals surface area contributed by atoms with Gasteiger partial charge in [-0.2, -0.15) is 0 Å². The second-order valence-corrected chi connectivity index (χ2v) is 19.3. The maximum atomic E-state index is 13.2. The maximum absolute atomic E-state index is 13.2. The topological polar surface area (TPSA) is 95.9 Å². The molecule has 0 spiro atoms. The first-order valence-electron chi connectivity index (χ1n) is 28.1. The zero-order valence-corrected chi connectivity index (χ0v) is 42.5. The zero-order valence-electron chi connectivity index (χ0n) is 42.5. The van der Waals surface area contributed by atoms with Gasteiger partial charge in [0.25, 0.3) is 0 Å². The number of aliphatic hydroxyl groups is 2. The van der Waals surface area contributed by atoms with E-state index < -0.39 is 18.2 Å². The predicted molar refractivity (Wildman–Crippen MR) is 273 cm³/mol. The van der Waals surface area contributed by atoms with Crippen LogP contribution >= 0.6 is 0 Å². The first-order chi connectivity index (χ1) is 31.0. The highest BCUT2D eigenvalue weighted by molar-refractivity contribution is 5.78. The van der Waals surface area contributed by atoms with E-state index in [1.165, 1.54) is 212 Å². The van der Waals surface area contributed by atoms with Crippen molar-refractivity contribution >= 4 is 11.9 Å². The van der Waals surface area contributed by atoms with Crippen molar-refractivity contribution < 1.29 is 24.5 Å². The summed E-state index contributed by atoms with van der Waals surface area (Å²) >= 11 is 0. The molecule has 0 aromatic heterocycles. The number of hydrogen-bond donors (Lipinski definition) is 3. The minimum absolute atomic E-state index is 0.0228. The average molecular weight is 889 g/mol. The molecule has 0 aromatic rings. The Bertz CT molecular complexity index is 997. The molecule has 1 amide bonds. The van der Waals surface area contributed by atoms with E-state index in [0.29, 0.717) is 12.8 Å². The Balaban J connectivity index is 4.48. The third-order valence-corrected chi connectivity index (χ3v) is 13.0. The molecule has 3 atom stereocenters. The molecule has 0 aliphatic heterocycles. The van der Waals surface area contributed by atoms with E-state index in [2.05, 4.69) is 38.2 Å². The van der Waals surface area contributed by atoms with Gasteiger partial charge in [0.2, 0.25) is 5.91 Å². The van der Waals surface area contributed by atoms with E-state index in [1.54, 1.807) is 0 Å². The van der Waals surface area contributed by atoms with E-state index in [4.69, 9.17) is 4.74 Å². The van der Waals surface area contributed by atoms with Crippen molar-refractivity contribution in [3.8, 4) is 0 Å². The fourth-order valence-electron chi connectivity index (χ4n) is 8.75.